The number of thioether (sulfide) groups is 1. The Kier molecular flexibility index (Phi) is 5.41. The van der Waals surface area contributed by atoms with Gasteiger partial charge in [-0.05, 0) is 25.5 Å². The van der Waals surface area contributed by atoms with Gasteiger partial charge in [0.1, 0.15) is 11.7 Å². The molecule has 0 spiro atoms. The molecule has 140 valence electrons. The Morgan fingerprint density at radius 3 is 2.52 bits per heavy atom. The molecule has 0 radical (unpaired) electrons. The quantitative estimate of drug-likeness (QED) is 0.826. The van der Waals surface area contributed by atoms with Gasteiger partial charge in [-0.2, -0.15) is 0 Å². The molecule has 2 heterocycles. The topological polar surface area (TPSA) is 112 Å². The highest BCUT2D eigenvalue weighted by molar-refractivity contribution is 7.99. The van der Waals surface area contributed by atoms with Crippen LogP contribution in [0.3, 0.4) is 0 Å². The second-order valence-corrected chi connectivity index (χ2v) is 7.19. The minimum absolute atomic E-state index is 0.00631. The van der Waals surface area contributed by atoms with Crippen molar-refractivity contribution in [1.29, 1.82) is 0 Å². The SMILES string of the molecule is Cc1ccc(NC(=O)C2CSCN2C(=O)c2cnc(C(=O)O)cn2)c(C)c1. The van der Waals surface area contributed by atoms with Gasteiger partial charge in [-0.15, -0.1) is 11.8 Å². The van der Waals surface area contributed by atoms with Gasteiger partial charge in [0.2, 0.25) is 5.91 Å². The van der Waals surface area contributed by atoms with Crippen LogP contribution < -0.4 is 5.32 Å². The van der Waals surface area contributed by atoms with Gasteiger partial charge in [-0.1, -0.05) is 17.7 Å². The molecule has 27 heavy (non-hydrogen) atoms. The maximum absolute atomic E-state index is 12.7. The first-order valence-electron chi connectivity index (χ1n) is 8.19. The van der Waals surface area contributed by atoms with Crippen molar-refractivity contribution in [3.05, 3.63) is 53.1 Å². The van der Waals surface area contributed by atoms with Crippen molar-refractivity contribution in [1.82, 2.24) is 14.9 Å². The largest absolute Gasteiger partial charge is 0.476 e. The molecule has 0 bridgehead atoms. The zero-order valence-corrected chi connectivity index (χ0v) is 15.6. The Balaban J connectivity index is 1.74. The van der Waals surface area contributed by atoms with Crippen LogP contribution in [0, 0.1) is 13.8 Å². The summed E-state index contributed by atoms with van der Waals surface area (Å²) in [6.45, 7) is 3.89. The molecule has 0 aliphatic carbocycles. The smallest absolute Gasteiger partial charge is 0.356 e. The van der Waals surface area contributed by atoms with Crippen molar-refractivity contribution < 1.29 is 19.5 Å². The number of carboxylic acids is 1. The van der Waals surface area contributed by atoms with Gasteiger partial charge in [0.05, 0.1) is 18.3 Å². The average Bonchev–Trinajstić information content (AvgIpc) is 3.13. The number of hydrogen-bond donors (Lipinski definition) is 2. The van der Waals surface area contributed by atoms with E-state index in [9.17, 15) is 14.4 Å². The minimum Gasteiger partial charge on any atom is -0.476 e. The lowest BCUT2D eigenvalue weighted by Crippen LogP contribution is -2.44. The summed E-state index contributed by atoms with van der Waals surface area (Å²) in [7, 11) is 0. The molecule has 1 aromatic heterocycles. The predicted octanol–water partition coefficient (Wildman–Crippen LogP) is 1.95. The Morgan fingerprint density at radius 1 is 1.19 bits per heavy atom. The maximum atomic E-state index is 12.7. The van der Waals surface area contributed by atoms with Crippen molar-refractivity contribution >= 4 is 35.2 Å². The van der Waals surface area contributed by atoms with Crippen LogP contribution in [-0.4, -0.2) is 55.4 Å². The predicted molar refractivity (Wildman–Crippen MR) is 101 cm³/mol. The molecule has 1 aliphatic heterocycles. The van der Waals surface area contributed by atoms with Gasteiger partial charge < -0.3 is 15.3 Å². The lowest BCUT2D eigenvalue weighted by molar-refractivity contribution is -0.119. The third-order valence-electron chi connectivity index (χ3n) is 4.18. The van der Waals surface area contributed by atoms with Gasteiger partial charge in [0.15, 0.2) is 5.69 Å². The summed E-state index contributed by atoms with van der Waals surface area (Å²) < 4.78 is 0. The fourth-order valence-electron chi connectivity index (χ4n) is 2.73. The number of carbonyl (C=O) groups is 3. The fraction of sp³-hybridized carbons (Fsp3) is 0.278. The van der Waals surface area contributed by atoms with E-state index in [0.717, 1.165) is 23.5 Å². The Bertz CT molecular complexity index is 901. The van der Waals surface area contributed by atoms with E-state index < -0.39 is 17.9 Å². The molecular formula is C18H18N4O4S. The van der Waals surface area contributed by atoms with Crippen molar-refractivity contribution in [3.63, 3.8) is 0 Å². The molecule has 1 aliphatic rings. The number of amides is 2. The number of benzene rings is 1. The number of carbonyl (C=O) groups excluding carboxylic acids is 2. The highest BCUT2D eigenvalue weighted by Gasteiger charge is 2.36. The molecule has 1 saturated heterocycles. The second-order valence-electron chi connectivity index (χ2n) is 6.19. The highest BCUT2D eigenvalue weighted by Crippen LogP contribution is 2.25. The molecular weight excluding hydrogens is 368 g/mol. The van der Waals surface area contributed by atoms with E-state index in [1.807, 2.05) is 32.0 Å². The van der Waals surface area contributed by atoms with Crippen molar-refractivity contribution in [2.75, 3.05) is 16.9 Å². The Labute approximate surface area is 160 Å². The normalized spacial score (nSPS) is 16.2. The number of aromatic carboxylic acids is 1. The van der Waals surface area contributed by atoms with E-state index in [0.29, 0.717) is 17.3 Å². The number of carboxylic acid groups (broad SMARTS) is 1. The van der Waals surface area contributed by atoms with Crippen LogP contribution in [0.4, 0.5) is 5.69 Å². The molecule has 2 amide bonds. The first-order chi connectivity index (χ1) is 12.9. The van der Waals surface area contributed by atoms with E-state index in [2.05, 4.69) is 15.3 Å². The van der Waals surface area contributed by atoms with Crippen LogP contribution in [-0.2, 0) is 4.79 Å². The number of aromatic nitrogens is 2. The summed E-state index contributed by atoms with van der Waals surface area (Å²) in [6.07, 6.45) is 2.15. The number of nitrogens with zero attached hydrogens (tertiary/aromatic N) is 3. The molecule has 2 N–H and O–H groups in total. The van der Waals surface area contributed by atoms with Gasteiger partial charge in [-0.3, -0.25) is 9.59 Å². The number of hydrogen-bond acceptors (Lipinski definition) is 6. The molecule has 1 atom stereocenters. The monoisotopic (exact) mass is 386 g/mol. The van der Waals surface area contributed by atoms with Gasteiger partial charge in [0, 0.05) is 11.4 Å². The zero-order chi connectivity index (χ0) is 19.6. The first kappa shape index (κ1) is 18.8. The Hall–Kier alpha value is -2.94. The summed E-state index contributed by atoms with van der Waals surface area (Å²) in [6, 6.07) is 5.09. The Morgan fingerprint density at radius 2 is 1.89 bits per heavy atom. The summed E-state index contributed by atoms with van der Waals surface area (Å²) >= 11 is 1.47. The van der Waals surface area contributed by atoms with Crippen molar-refractivity contribution in [2.45, 2.75) is 19.9 Å². The number of nitrogens with one attached hydrogen (secondary N) is 1. The lowest BCUT2D eigenvalue weighted by Gasteiger charge is -2.23. The number of anilines is 1. The summed E-state index contributed by atoms with van der Waals surface area (Å²) in [5, 5.41) is 11.7. The van der Waals surface area contributed by atoms with E-state index in [1.165, 1.54) is 16.7 Å². The molecule has 1 unspecified atom stereocenters. The van der Waals surface area contributed by atoms with Crippen LogP contribution in [0.25, 0.3) is 0 Å². The van der Waals surface area contributed by atoms with Crippen LogP contribution in [0.2, 0.25) is 0 Å². The van der Waals surface area contributed by atoms with E-state index in [-0.39, 0.29) is 17.3 Å². The summed E-state index contributed by atoms with van der Waals surface area (Å²) in [5.41, 5.74) is 2.52. The second kappa shape index (κ2) is 7.75. The number of rotatable bonds is 4. The summed E-state index contributed by atoms with van der Waals surface area (Å²) in [5.74, 6) is -1.11. The summed E-state index contributed by atoms with van der Waals surface area (Å²) in [4.78, 5) is 45.3. The van der Waals surface area contributed by atoms with Crippen LogP contribution in [0.5, 0.6) is 0 Å². The average molecular weight is 386 g/mol. The maximum Gasteiger partial charge on any atom is 0.356 e. The first-order valence-corrected chi connectivity index (χ1v) is 9.34. The molecule has 1 fully saturated rings. The lowest BCUT2D eigenvalue weighted by atomic mass is 10.1. The van der Waals surface area contributed by atoms with Crippen LogP contribution >= 0.6 is 11.8 Å². The van der Waals surface area contributed by atoms with Gasteiger partial charge in [-0.25, -0.2) is 14.8 Å². The van der Waals surface area contributed by atoms with Crippen LogP contribution in [0.1, 0.15) is 32.1 Å². The highest BCUT2D eigenvalue weighted by atomic mass is 32.2. The third kappa shape index (κ3) is 4.08. The molecule has 3 rings (SSSR count). The minimum atomic E-state index is -1.22. The van der Waals surface area contributed by atoms with E-state index in [4.69, 9.17) is 5.11 Å². The van der Waals surface area contributed by atoms with Crippen molar-refractivity contribution in [3.8, 4) is 0 Å². The van der Waals surface area contributed by atoms with E-state index in [1.54, 1.807) is 0 Å². The van der Waals surface area contributed by atoms with E-state index >= 15 is 0 Å². The zero-order valence-electron chi connectivity index (χ0n) is 14.8. The molecule has 9 heteroatoms. The number of aryl methyl sites for hydroxylation is 2. The molecule has 2 aromatic rings. The van der Waals surface area contributed by atoms with Crippen molar-refractivity contribution in [2.24, 2.45) is 0 Å². The molecule has 8 nitrogen and oxygen atoms in total. The fourth-order valence-corrected chi connectivity index (χ4v) is 3.88. The van der Waals surface area contributed by atoms with Gasteiger partial charge >= 0.3 is 5.97 Å². The molecule has 1 aromatic carbocycles. The standard InChI is InChI=1S/C18H18N4O4S/c1-10-3-4-12(11(2)5-10)21-16(23)15-8-27-9-22(15)17(24)13-6-20-14(7-19-13)18(25)26/h3-7,15H,8-9H2,1-2H3,(H,21,23)(H,25,26). The van der Waals surface area contributed by atoms with Gasteiger partial charge in [0.25, 0.3) is 5.91 Å². The molecule has 0 saturated carbocycles. The van der Waals surface area contributed by atoms with Crippen LogP contribution in [0.15, 0.2) is 30.6 Å². The third-order valence-corrected chi connectivity index (χ3v) is 5.19.